The van der Waals surface area contributed by atoms with Gasteiger partial charge < -0.3 is 10.2 Å². The molecule has 0 radical (unpaired) electrons. The minimum atomic E-state index is 0.670. The van der Waals surface area contributed by atoms with Crippen molar-refractivity contribution in [2.45, 2.75) is 47.6 Å². The fourth-order valence-corrected chi connectivity index (χ4v) is 2.97. The number of hydrogen-bond donors (Lipinski definition) is 1. The van der Waals surface area contributed by atoms with Crippen LogP contribution in [0, 0.1) is 11.8 Å². The summed E-state index contributed by atoms with van der Waals surface area (Å²) < 4.78 is 1.16. The van der Waals surface area contributed by atoms with E-state index in [4.69, 9.17) is 0 Å². The van der Waals surface area contributed by atoms with E-state index >= 15 is 0 Å². The van der Waals surface area contributed by atoms with Crippen molar-refractivity contribution in [3.63, 3.8) is 0 Å². The van der Waals surface area contributed by atoms with Gasteiger partial charge in [0.05, 0.1) is 0 Å². The average Bonchev–Trinajstić information content (AvgIpc) is 2.37. The van der Waals surface area contributed by atoms with Crippen molar-refractivity contribution >= 4 is 21.6 Å². The molecule has 0 aliphatic heterocycles. The van der Waals surface area contributed by atoms with Crippen molar-refractivity contribution in [1.82, 2.24) is 5.32 Å². The van der Waals surface area contributed by atoms with Gasteiger partial charge in [-0.15, -0.1) is 0 Å². The van der Waals surface area contributed by atoms with Crippen LogP contribution in [0.2, 0.25) is 0 Å². The van der Waals surface area contributed by atoms with E-state index < -0.39 is 0 Å². The summed E-state index contributed by atoms with van der Waals surface area (Å²) in [6.07, 6.45) is 1.17. The second-order valence-corrected chi connectivity index (χ2v) is 7.56. The Bertz CT molecular complexity index is 406. The summed E-state index contributed by atoms with van der Waals surface area (Å²) in [4.78, 5) is 2.55. The van der Waals surface area contributed by atoms with Crippen molar-refractivity contribution in [3.8, 4) is 0 Å². The second-order valence-electron chi connectivity index (χ2n) is 6.64. The third-order valence-electron chi connectivity index (χ3n) is 3.30. The second kappa shape index (κ2) is 9.47. The molecule has 120 valence electrons. The molecule has 0 heterocycles. The Morgan fingerprint density at radius 2 is 1.71 bits per heavy atom. The Kier molecular flexibility index (Phi) is 8.35. The first-order valence-corrected chi connectivity index (χ1v) is 8.97. The molecular formula is C18H31BrN2. The Balaban J connectivity index is 2.98. The highest BCUT2D eigenvalue weighted by Crippen LogP contribution is 2.26. The van der Waals surface area contributed by atoms with Gasteiger partial charge in [-0.05, 0) is 48.6 Å². The highest BCUT2D eigenvalue weighted by atomic mass is 79.9. The molecule has 0 unspecified atom stereocenters. The quantitative estimate of drug-likeness (QED) is 0.623. The van der Waals surface area contributed by atoms with Crippen LogP contribution in [0.4, 0.5) is 5.69 Å². The maximum Gasteiger partial charge on any atom is 0.0412 e. The molecule has 1 aromatic carbocycles. The number of anilines is 1. The minimum Gasteiger partial charge on any atom is -0.371 e. The first-order valence-electron chi connectivity index (χ1n) is 8.18. The largest absolute Gasteiger partial charge is 0.371 e. The monoisotopic (exact) mass is 354 g/mol. The van der Waals surface area contributed by atoms with Gasteiger partial charge in [0.2, 0.25) is 0 Å². The predicted octanol–water partition coefficient (Wildman–Crippen LogP) is 5.07. The summed E-state index contributed by atoms with van der Waals surface area (Å²) in [6, 6.07) is 6.68. The molecule has 1 aromatic rings. The van der Waals surface area contributed by atoms with Gasteiger partial charge in [-0.25, -0.2) is 0 Å². The molecule has 21 heavy (non-hydrogen) atoms. The molecule has 0 aliphatic rings. The van der Waals surface area contributed by atoms with Crippen LogP contribution in [-0.2, 0) is 6.54 Å². The van der Waals surface area contributed by atoms with E-state index in [1.165, 1.54) is 17.7 Å². The minimum absolute atomic E-state index is 0.670. The smallest absolute Gasteiger partial charge is 0.0412 e. The Morgan fingerprint density at radius 3 is 2.24 bits per heavy atom. The van der Waals surface area contributed by atoms with E-state index in [9.17, 15) is 0 Å². The molecule has 0 amide bonds. The fraction of sp³-hybridized carbons (Fsp3) is 0.667. The van der Waals surface area contributed by atoms with E-state index in [0.29, 0.717) is 11.8 Å². The molecule has 1 N–H and O–H groups in total. The van der Waals surface area contributed by atoms with Gasteiger partial charge in [-0.1, -0.05) is 50.5 Å². The molecule has 0 saturated heterocycles. The van der Waals surface area contributed by atoms with E-state index in [1.54, 1.807) is 0 Å². The molecule has 0 aliphatic carbocycles. The lowest BCUT2D eigenvalue weighted by atomic mass is 10.1. The van der Waals surface area contributed by atoms with Gasteiger partial charge in [-0.2, -0.15) is 0 Å². The summed E-state index contributed by atoms with van der Waals surface area (Å²) in [5.41, 5.74) is 2.77. The van der Waals surface area contributed by atoms with Crippen LogP contribution in [0.1, 0.15) is 46.6 Å². The number of nitrogens with one attached hydrogen (secondary N) is 1. The topological polar surface area (TPSA) is 15.3 Å². The summed E-state index contributed by atoms with van der Waals surface area (Å²) in [7, 11) is 0. The van der Waals surface area contributed by atoms with Gasteiger partial charge in [0, 0.05) is 29.8 Å². The fourth-order valence-electron chi connectivity index (χ4n) is 2.56. The number of halogens is 1. The van der Waals surface area contributed by atoms with Crippen LogP contribution in [-0.4, -0.2) is 19.6 Å². The number of benzene rings is 1. The van der Waals surface area contributed by atoms with Crippen molar-refractivity contribution in [2.75, 3.05) is 24.5 Å². The highest BCUT2D eigenvalue weighted by molar-refractivity contribution is 9.10. The molecule has 1 rings (SSSR count). The van der Waals surface area contributed by atoms with Crippen molar-refractivity contribution < 1.29 is 0 Å². The molecule has 0 aromatic heterocycles. The van der Waals surface area contributed by atoms with Gasteiger partial charge >= 0.3 is 0 Å². The Morgan fingerprint density at radius 1 is 1.10 bits per heavy atom. The van der Waals surface area contributed by atoms with E-state index in [0.717, 1.165) is 30.7 Å². The van der Waals surface area contributed by atoms with Gasteiger partial charge in [0.15, 0.2) is 0 Å². The molecule has 2 nitrogen and oxygen atoms in total. The molecule has 3 heteroatoms. The number of nitrogens with zero attached hydrogens (tertiary/aromatic N) is 1. The van der Waals surface area contributed by atoms with Crippen molar-refractivity contribution in [1.29, 1.82) is 0 Å². The maximum absolute atomic E-state index is 3.61. The SMILES string of the molecule is CCCNCc1cc(Br)ccc1N(CC(C)C)CC(C)C. The van der Waals surface area contributed by atoms with E-state index in [-0.39, 0.29) is 0 Å². The summed E-state index contributed by atoms with van der Waals surface area (Å²) >= 11 is 3.61. The standard InChI is InChI=1S/C18H31BrN2/c1-6-9-20-11-16-10-17(19)7-8-18(16)21(12-14(2)3)13-15(4)5/h7-8,10,14-15,20H,6,9,11-13H2,1-5H3. The first-order chi connectivity index (χ1) is 9.93. The molecule has 0 bridgehead atoms. The third-order valence-corrected chi connectivity index (χ3v) is 3.79. The average molecular weight is 355 g/mol. The lowest BCUT2D eigenvalue weighted by Crippen LogP contribution is -2.32. The van der Waals surface area contributed by atoms with Crippen molar-refractivity contribution in [3.05, 3.63) is 28.2 Å². The maximum atomic E-state index is 3.61. The van der Waals surface area contributed by atoms with Crippen LogP contribution in [0.5, 0.6) is 0 Å². The van der Waals surface area contributed by atoms with E-state index in [1.807, 2.05) is 0 Å². The highest BCUT2D eigenvalue weighted by Gasteiger charge is 2.14. The zero-order valence-corrected chi connectivity index (χ0v) is 15.8. The predicted molar refractivity (Wildman–Crippen MR) is 98.0 cm³/mol. The number of hydrogen-bond acceptors (Lipinski definition) is 2. The lowest BCUT2D eigenvalue weighted by molar-refractivity contribution is 0.550. The van der Waals surface area contributed by atoms with Gasteiger partial charge in [0.1, 0.15) is 0 Å². The van der Waals surface area contributed by atoms with Crippen LogP contribution >= 0.6 is 15.9 Å². The molecule has 0 atom stereocenters. The van der Waals surface area contributed by atoms with Crippen molar-refractivity contribution in [2.24, 2.45) is 11.8 Å². The Hall–Kier alpha value is -0.540. The zero-order chi connectivity index (χ0) is 15.8. The molecule has 0 spiro atoms. The Labute approximate surface area is 139 Å². The van der Waals surface area contributed by atoms with Crippen LogP contribution in [0.15, 0.2) is 22.7 Å². The van der Waals surface area contributed by atoms with Crippen LogP contribution in [0.3, 0.4) is 0 Å². The normalized spacial score (nSPS) is 11.4. The zero-order valence-electron chi connectivity index (χ0n) is 14.2. The summed E-state index contributed by atoms with van der Waals surface area (Å²) in [5.74, 6) is 1.34. The van der Waals surface area contributed by atoms with Crippen LogP contribution < -0.4 is 10.2 Å². The first kappa shape index (κ1) is 18.5. The molecular weight excluding hydrogens is 324 g/mol. The van der Waals surface area contributed by atoms with Crippen LogP contribution in [0.25, 0.3) is 0 Å². The summed E-state index contributed by atoms with van der Waals surface area (Å²) in [5, 5.41) is 3.53. The molecule has 0 fully saturated rings. The van der Waals surface area contributed by atoms with E-state index in [2.05, 4.69) is 79.0 Å². The van der Waals surface area contributed by atoms with Gasteiger partial charge in [0.25, 0.3) is 0 Å². The lowest BCUT2D eigenvalue weighted by Gasteiger charge is -2.30. The van der Waals surface area contributed by atoms with Gasteiger partial charge in [-0.3, -0.25) is 0 Å². The molecule has 0 saturated carbocycles. The summed E-state index contributed by atoms with van der Waals surface area (Å²) in [6.45, 7) is 15.6. The third kappa shape index (κ3) is 6.84. The number of rotatable bonds is 9.